The lowest BCUT2D eigenvalue weighted by molar-refractivity contribution is 0.102. The number of thiophene rings is 1. The number of nitrogens with zero attached hydrogens (tertiary/aromatic N) is 2. The van der Waals surface area contributed by atoms with Crippen LogP contribution in [0.4, 0.5) is 0 Å². The molecule has 0 aliphatic heterocycles. The van der Waals surface area contributed by atoms with Crippen LogP contribution in [0.3, 0.4) is 0 Å². The Bertz CT molecular complexity index is 619. The van der Waals surface area contributed by atoms with E-state index in [1.54, 1.807) is 16.9 Å². The Morgan fingerprint density at radius 2 is 2.16 bits per heavy atom. The monoisotopic (exact) mass is 406 g/mol. The highest BCUT2D eigenvalue weighted by Crippen LogP contribution is 2.35. The van der Waals surface area contributed by atoms with E-state index in [4.69, 9.17) is 4.74 Å². The third-order valence-electron chi connectivity index (χ3n) is 2.59. The smallest absolute Gasteiger partial charge is 0.216 e. The number of carbonyl (C=O) groups excluding carboxylic acids is 1. The van der Waals surface area contributed by atoms with E-state index < -0.39 is 0 Å². The van der Waals surface area contributed by atoms with Crippen molar-refractivity contribution < 1.29 is 9.53 Å². The topological polar surface area (TPSA) is 44.1 Å². The molecule has 7 heteroatoms. The van der Waals surface area contributed by atoms with Gasteiger partial charge < -0.3 is 4.74 Å². The molecule has 0 radical (unpaired) electrons. The molecule has 0 saturated carbocycles. The third-order valence-corrected chi connectivity index (χ3v) is 4.93. The van der Waals surface area contributed by atoms with Crippen molar-refractivity contribution in [3.05, 3.63) is 31.1 Å². The molecular weight excluding hydrogens is 396 g/mol. The summed E-state index contributed by atoms with van der Waals surface area (Å²) < 4.78 is 8.61. The van der Waals surface area contributed by atoms with Gasteiger partial charge in [-0.1, -0.05) is 0 Å². The minimum absolute atomic E-state index is 0.0868. The molecule has 0 aliphatic rings. The van der Waals surface area contributed by atoms with Crippen LogP contribution in [0.15, 0.2) is 19.8 Å². The van der Waals surface area contributed by atoms with Crippen LogP contribution in [-0.4, -0.2) is 22.7 Å². The SMILES string of the molecule is COc1cnn(C(C)C)c1C(=O)c1cc(Br)sc1Br. The zero-order valence-electron chi connectivity index (χ0n) is 10.6. The van der Waals surface area contributed by atoms with E-state index in [1.807, 2.05) is 13.8 Å². The normalized spacial score (nSPS) is 11.1. The Morgan fingerprint density at radius 1 is 1.47 bits per heavy atom. The number of halogens is 2. The fraction of sp³-hybridized carbons (Fsp3) is 0.333. The lowest BCUT2D eigenvalue weighted by Gasteiger charge is -2.10. The van der Waals surface area contributed by atoms with Gasteiger partial charge >= 0.3 is 0 Å². The van der Waals surface area contributed by atoms with Crippen LogP contribution in [0.2, 0.25) is 0 Å². The van der Waals surface area contributed by atoms with Crippen LogP contribution in [0, 0.1) is 0 Å². The lowest BCUT2D eigenvalue weighted by Crippen LogP contribution is -2.14. The molecule has 2 aromatic heterocycles. The zero-order chi connectivity index (χ0) is 14.2. The molecule has 0 saturated heterocycles. The number of aromatic nitrogens is 2. The van der Waals surface area contributed by atoms with Gasteiger partial charge in [0.2, 0.25) is 5.78 Å². The molecule has 102 valence electrons. The molecule has 2 aromatic rings. The summed E-state index contributed by atoms with van der Waals surface area (Å²) in [4.78, 5) is 12.7. The number of ether oxygens (including phenoxy) is 1. The average molecular weight is 408 g/mol. The van der Waals surface area contributed by atoms with Gasteiger partial charge in [-0.25, -0.2) is 0 Å². The van der Waals surface area contributed by atoms with Gasteiger partial charge in [0.25, 0.3) is 0 Å². The number of rotatable bonds is 4. The van der Waals surface area contributed by atoms with Gasteiger partial charge in [0.15, 0.2) is 11.4 Å². The quantitative estimate of drug-likeness (QED) is 0.710. The van der Waals surface area contributed by atoms with E-state index in [9.17, 15) is 4.79 Å². The summed E-state index contributed by atoms with van der Waals surface area (Å²) in [5.74, 6) is 0.393. The van der Waals surface area contributed by atoms with Gasteiger partial charge in [-0.2, -0.15) is 5.10 Å². The highest BCUT2D eigenvalue weighted by Gasteiger charge is 2.25. The summed E-state index contributed by atoms with van der Waals surface area (Å²) in [6, 6.07) is 1.89. The maximum atomic E-state index is 12.7. The molecule has 0 atom stereocenters. The highest BCUT2D eigenvalue weighted by molar-refractivity contribution is 9.12. The van der Waals surface area contributed by atoms with E-state index in [0.29, 0.717) is 17.0 Å². The van der Waals surface area contributed by atoms with Crippen molar-refractivity contribution in [1.29, 1.82) is 0 Å². The van der Waals surface area contributed by atoms with Crippen LogP contribution in [0.25, 0.3) is 0 Å². The zero-order valence-corrected chi connectivity index (χ0v) is 14.6. The fourth-order valence-electron chi connectivity index (χ4n) is 1.73. The summed E-state index contributed by atoms with van der Waals surface area (Å²) >= 11 is 8.25. The second kappa shape index (κ2) is 5.76. The first-order valence-electron chi connectivity index (χ1n) is 5.56. The van der Waals surface area contributed by atoms with Crippen molar-refractivity contribution in [2.45, 2.75) is 19.9 Å². The Balaban J connectivity index is 2.54. The van der Waals surface area contributed by atoms with Crippen molar-refractivity contribution in [1.82, 2.24) is 9.78 Å². The largest absolute Gasteiger partial charge is 0.493 e. The third kappa shape index (κ3) is 2.78. The predicted molar refractivity (Wildman–Crippen MR) is 82.3 cm³/mol. The van der Waals surface area contributed by atoms with Crippen LogP contribution < -0.4 is 4.74 Å². The molecule has 0 bridgehead atoms. The number of hydrogen-bond acceptors (Lipinski definition) is 4. The molecule has 0 spiro atoms. The molecule has 2 heterocycles. The van der Waals surface area contributed by atoms with Crippen LogP contribution in [0.1, 0.15) is 35.9 Å². The molecule has 0 aromatic carbocycles. The average Bonchev–Trinajstić information content (AvgIpc) is 2.91. The molecule has 0 aliphatic carbocycles. The van der Waals surface area contributed by atoms with Gasteiger partial charge in [0.1, 0.15) is 0 Å². The lowest BCUT2D eigenvalue weighted by atomic mass is 10.1. The van der Waals surface area contributed by atoms with Crippen LogP contribution in [-0.2, 0) is 0 Å². The summed E-state index contributed by atoms with van der Waals surface area (Å²) in [7, 11) is 1.54. The summed E-state index contributed by atoms with van der Waals surface area (Å²) in [6.07, 6.45) is 1.57. The number of hydrogen-bond donors (Lipinski definition) is 0. The van der Waals surface area contributed by atoms with Gasteiger partial charge in [-0.05, 0) is 51.8 Å². The number of methoxy groups -OCH3 is 1. The maximum absolute atomic E-state index is 12.7. The van der Waals surface area contributed by atoms with Crippen molar-refractivity contribution in [3.63, 3.8) is 0 Å². The molecule has 0 unspecified atom stereocenters. The van der Waals surface area contributed by atoms with E-state index >= 15 is 0 Å². The van der Waals surface area contributed by atoms with Crippen LogP contribution in [0.5, 0.6) is 5.75 Å². The van der Waals surface area contributed by atoms with E-state index in [-0.39, 0.29) is 11.8 Å². The maximum Gasteiger partial charge on any atom is 0.216 e. The molecule has 0 fully saturated rings. The molecule has 4 nitrogen and oxygen atoms in total. The number of carbonyl (C=O) groups is 1. The van der Waals surface area contributed by atoms with Crippen LogP contribution >= 0.6 is 43.2 Å². The minimum Gasteiger partial charge on any atom is -0.493 e. The molecular formula is C12H12Br2N2O2S. The molecule has 19 heavy (non-hydrogen) atoms. The number of ketones is 1. The molecule has 0 N–H and O–H groups in total. The molecule has 2 rings (SSSR count). The Hall–Kier alpha value is -0.660. The van der Waals surface area contributed by atoms with Gasteiger partial charge in [0.05, 0.1) is 26.4 Å². The summed E-state index contributed by atoms with van der Waals surface area (Å²) in [6.45, 7) is 3.95. The summed E-state index contributed by atoms with van der Waals surface area (Å²) in [5, 5.41) is 4.22. The van der Waals surface area contributed by atoms with E-state index in [2.05, 4.69) is 37.0 Å². The standard InChI is InChI=1S/C12H12Br2N2O2S/c1-6(2)16-10(8(18-3)5-15-16)11(17)7-4-9(13)19-12(7)14/h4-6H,1-3H3. The van der Waals surface area contributed by atoms with Gasteiger partial charge in [0, 0.05) is 6.04 Å². The Kier molecular flexibility index (Phi) is 4.47. The first-order valence-corrected chi connectivity index (χ1v) is 7.97. The summed E-state index contributed by atoms with van der Waals surface area (Å²) in [5.41, 5.74) is 1.08. The Labute approximate surface area is 132 Å². The predicted octanol–water partition coefficient (Wildman–Crippen LogP) is 4.29. The van der Waals surface area contributed by atoms with Gasteiger partial charge in [-0.3, -0.25) is 9.48 Å². The van der Waals surface area contributed by atoms with Crippen molar-refractivity contribution in [2.24, 2.45) is 0 Å². The highest BCUT2D eigenvalue weighted by atomic mass is 79.9. The van der Waals surface area contributed by atoms with E-state index in [1.165, 1.54) is 18.4 Å². The van der Waals surface area contributed by atoms with Crippen molar-refractivity contribution in [2.75, 3.05) is 7.11 Å². The second-order valence-corrected chi connectivity index (χ2v) is 7.92. The minimum atomic E-state index is -0.100. The Morgan fingerprint density at radius 3 is 2.63 bits per heavy atom. The van der Waals surface area contributed by atoms with Gasteiger partial charge in [-0.15, -0.1) is 11.3 Å². The molecule has 0 amide bonds. The second-order valence-electron chi connectivity index (χ2n) is 4.17. The van der Waals surface area contributed by atoms with Crippen molar-refractivity contribution in [3.8, 4) is 5.75 Å². The first kappa shape index (κ1) is 14.7. The first-order chi connectivity index (χ1) is 8.95. The van der Waals surface area contributed by atoms with E-state index in [0.717, 1.165) is 7.57 Å². The van der Waals surface area contributed by atoms with Crippen molar-refractivity contribution >= 4 is 49.0 Å². The fourth-order valence-corrected chi connectivity index (χ4v) is 4.52.